The van der Waals surface area contributed by atoms with E-state index in [1.165, 1.54) is 18.4 Å². The Morgan fingerprint density at radius 3 is 2.74 bits per heavy atom. The molecule has 0 amide bonds. The summed E-state index contributed by atoms with van der Waals surface area (Å²) in [5.41, 5.74) is 1.43. The van der Waals surface area contributed by atoms with Crippen LogP contribution in [-0.4, -0.2) is 34.8 Å². The second kappa shape index (κ2) is 7.72. The highest BCUT2D eigenvalue weighted by atomic mass is 15.3. The molecule has 0 bridgehead atoms. The Morgan fingerprint density at radius 2 is 2.00 bits per heavy atom. The minimum Gasteiger partial charge on any atom is -0.365 e. The molecule has 0 unspecified atom stereocenters. The molecule has 23 heavy (non-hydrogen) atoms. The Kier molecular flexibility index (Phi) is 5.19. The smallest absolute Gasteiger partial charge is 0.247 e. The molecule has 1 aliphatic rings. The van der Waals surface area contributed by atoms with Gasteiger partial charge in [0.15, 0.2) is 5.82 Å². The first-order chi connectivity index (χ1) is 11.3. The van der Waals surface area contributed by atoms with Gasteiger partial charge in [0.1, 0.15) is 0 Å². The van der Waals surface area contributed by atoms with Crippen LogP contribution in [0.4, 0.5) is 11.8 Å². The van der Waals surface area contributed by atoms with E-state index >= 15 is 0 Å². The van der Waals surface area contributed by atoms with Crippen molar-refractivity contribution in [1.82, 2.24) is 15.2 Å². The van der Waals surface area contributed by atoms with Gasteiger partial charge in [0.25, 0.3) is 0 Å². The SMILES string of the molecule is C=CCNc1cnnc(N2CCC(Cc3ccccc3)CC2)n1. The summed E-state index contributed by atoms with van der Waals surface area (Å²) in [6, 6.07) is 10.7. The Morgan fingerprint density at radius 1 is 1.22 bits per heavy atom. The maximum Gasteiger partial charge on any atom is 0.247 e. The Hall–Kier alpha value is -2.43. The number of piperidine rings is 1. The monoisotopic (exact) mass is 309 g/mol. The zero-order valence-corrected chi connectivity index (χ0v) is 13.4. The Bertz CT molecular complexity index is 620. The van der Waals surface area contributed by atoms with Crippen molar-refractivity contribution >= 4 is 11.8 Å². The van der Waals surface area contributed by atoms with Crippen LogP contribution in [0, 0.1) is 5.92 Å². The molecule has 0 aliphatic carbocycles. The number of benzene rings is 1. The number of anilines is 2. The van der Waals surface area contributed by atoms with Crippen molar-refractivity contribution in [3.05, 3.63) is 54.7 Å². The zero-order valence-electron chi connectivity index (χ0n) is 13.4. The molecule has 0 spiro atoms. The van der Waals surface area contributed by atoms with Gasteiger partial charge in [-0.15, -0.1) is 11.7 Å². The van der Waals surface area contributed by atoms with Gasteiger partial charge >= 0.3 is 0 Å². The van der Waals surface area contributed by atoms with Crippen LogP contribution in [0.2, 0.25) is 0 Å². The fourth-order valence-electron chi connectivity index (χ4n) is 2.97. The van der Waals surface area contributed by atoms with E-state index in [0.29, 0.717) is 6.54 Å². The number of aromatic nitrogens is 3. The molecule has 3 rings (SSSR count). The van der Waals surface area contributed by atoms with Gasteiger partial charge < -0.3 is 10.2 Å². The zero-order chi connectivity index (χ0) is 15.9. The molecular weight excluding hydrogens is 286 g/mol. The third-order valence-corrected chi connectivity index (χ3v) is 4.24. The van der Waals surface area contributed by atoms with Crippen molar-refractivity contribution in [2.75, 3.05) is 29.9 Å². The van der Waals surface area contributed by atoms with Gasteiger partial charge in [-0.25, -0.2) is 0 Å². The summed E-state index contributed by atoms with van der Waals surface area (Å²) in [6.45, 7) is 6.35. The average molecular weight is 309 g/mol. The van der Waals surface area contributed by atoms with Crippen molar-refractivity contribution in [1.29, 1.82) is 0 Å². The Labute approximate surface area is 137 Å². The van der Waals surface area contributed by atoms with Gasteiger partial charge in [0.05, 0.1) is 6.20 Å². The largest absolute Gasteiger partial charge is 0.365 e. The van der Waals surface area contributed by atoms with Crippen LogP contribution >= 0.6 is 0 Å². The quantitative estimate of drug-likeness (QED) is 0.832. The van der Waals surface area contributed by atoms with Gasteiger partial charge in [-0.3, -0.25) is 0 Å². The van der Waals surface area contributed by atoms with Crippen LogP contribution in [0.15, 0.2) is 49.2 Å². The van der Waals surface area contributed by atoms with Crippen molar-refractivity contribution in [3.63, 3.8) is 0 Å². The van der Waals surface area contributed by atoms with Crippen LogP contribution in [0.1, 0.15) is 18.4 Å². The third-order valence-electron chi connectivity index (χ3n) is 4.24. The first-order valence-electron chi connectivity index (χ1n) is 8.18. The maximum absolute atomic E-state index is 4.54. The van der Waals surface area contributed by atoms with E-state index in [1.807, 2.05) is 0 Å². The van der Waals surface area contributed by atoms with E-state index in [-0.39, 0.29) is 0 Å². The van der Waals surface area contributed by atoms with E-state index in [1.54, 1.807) is 12.3 Å². The molecule has 0 radical (unpaired) electrons. The lowest BCUT2D eigenvalue weighted by atomic mass is 9.90. The lowest BCUT2D eigenvalue weighted by Crippen LogP contribution is -2.35. The molecular formula is C18H23N5. The van der Waals surface area contributed by atoms with Gasteiger partial charge in [0, 0.05) is 19.6 Å². The van der Waals surface area contributed by atoms with Crippen molar-refractivity contribution in [2.45, 2.75) is 19.3 Å². The highest BCUT2D eigenvalue weighted by molar-refractivity contribution is 5.39. The number of hydrogen-bond donors (Lipinski definition) is 1. The summed E-state index contributed by atoms with van der Waals surface area (Å²) in [4.78, 5) is 6.77. The summed E-state index contributed by atoms with van der Waals surface area (Å²) >= 11 is 0. The molecule has 0 atom stereocenters. The van der Waals surface area contributed by atoms with Crippen LogP contribution in [0.3, 0.4) is 0 Å². The summed E-state index contributed by atoms with van der Waals surface area (Å²) in [5.74, 6) is 2.21. The van der Waals surface area contributed by atoms with Crippen LogP contribution in [0.5, 0.6) is 0 Å². The summed E-state index contributed by atoms with van der Waals surface area (Å²) in [5, 5.41) is 11.4. The third kappa shape index (κ3) is 4.28. The fourth-order valence-corrected chi connectivity index (χ4v) is 2.97. The first-order valence-corrected chi connectivity index (χ1v) is 8.18. The van der Waals surface area contributed by atoms with E-state index in [9.17, 15) is 0 Å². The first kappa shape index (κ1) is 15.5. The van der Waals surface area contributed by atoms with Gasteiger partial charge in [-0.05, 0) is 30.7 Å². The molecule has 1 aromatic heterocycles. The maximum atomic E-state index is 4.54. The highest BCUT2D eigenvalue weighted by Gasteiger charge is 2.21. The molecule has 1 fully saturated rings. The number of hydrogen-bond acceptors (Lipinski definition) is 5. The molecule has 1 saturated heterocycles. The molecule has 1 N–H and O–H groups in total. The number of nitrogens with one attached hydrogen (secondary N) is 1. The lowest BCUT2D eigenvalue weighted by molar-refractivity contribution is 0.400. The topological polar surface area (TPSA) is 53.9 Å². The van der Waals surface area contributed by atoms with Crippen molar-refractivity contribution < 1.29 is 0 Å². The van der Waals surface area contributed by atoms with E-state index < -0.39 is 0 Å². The van der Waals surface area contributed by atoms with Gasteiger partial charge in [-0.1, -0.05) is 36.4 Å². The molecule has 1 aliphatic heterocycles. The molecule has 2 aromatic rings. The lowest BCUT2D eigenvalue weighted by Gasteiger charge is -2.31. The summed E-state index contributed by atoms with van der Waals surface area (Å²) in [6.07, 6.45) is 6.95. The highest BCUT2D eigenvalue weighted by Crippen LogP contribution is 2.24. The number of nitrogens with zero attached hydrogens (tertiary/aromatic N) is 4. The molecule has 0 saturated carbocycles. The molecule has 5 nitrogen and oxygen atoms in total. The van der Waals surface area contributed by atoms with Crippen LogP contribution in [0.25, 0.3) is 0 Å². The molecule has 5 heteroatoms. The molecule has 1 aromatic carbocycles. The van der Waals surface area contributed by atoms with Gasteiger partial charge in [0.2, 0.25) is 5.95 Å². The van der Waals surface area contributed by atoms with Crippen molar-refractivity contribution in [2.24, 2.45) is 5.92 Å². The second-order valence-electron chi connectivity index (χ2n) is 5.93. The van der Waals surface area contributed by atoms with Crippen LogP contribution in [-0.2, 0) is 6.42 Å². The Balaban J connectivity index is 1.55. The standard InChI is InChI=1S/C18H23N5/c1-2-10-19-17-14-20-22-18(21-17)23-11-8-16(9-12-23)13-15-6-4-3-5-7-15/h2-7,14,16H,1,8-13H2,(H,19,21,22). The minimum atomic E-state index is 0.678. The second-order valence-corrected chi connectivity index (χ2v) is 5.93. The van der Waals surface area contributed by atoms with E-state index in [4.69, 9.17) is 0 Å². The average Bonchev–Trinajstić information content (AvgIpc) is 2.62. The summed E-state index contributed by atoms with van der Waals surface area (Å²) in [7, 11) is 0. The fraction of sp³-hybridized carbons (Fsp3) is 0.389. The minimum absolute atomic E-state index is 0.678. The van der Waals surface area contributed by atoms with Gasteiger partial charge in [-0.2, -0.15) is 10.1 Å². The summed E-state index contributed by atoms with van der Waals surface area (Å²) < 4.78 is 0. The van der Waals surface area contributed by atoms with Crippen molar-refractivity contribution in [3.8, 4) is 0 Å². The van der Waals surface area contributed by atoms with E-state index in [0.717, 1.165) is 37.2 Å². The molecule has 2 heterocycles. The number of rotatable bonds is 6. The van der Waals surface area contributed by atoms with E-state index in [2.05, 4.69) is 62.3 Å². The molecule has 120 valence electrons. The van der Waals surface area contributed by atoms with Crippen LogP contribution < -0.4 is 10.2 Å². The normalized spacial score (nSPS) is 15.4. The predicted molar refractivity (Wildman–Crippen MR) is 93.6 cm³/mol. The predicted octanol–water partition coefficient (Wildman–Crippen LogP) is 2.93.